The SMILES string of the molecule is Cc1nc(C(C)N(C)C(=O)c2ccc3nnc(-c4cccn4C)n3c2)c(C)s1. The Bertz CT molecular complexity index is 1170. The molecule has 0 spiro atoms. The van der Waals surface area contributed by atoms with E-state index in [1.54, 1.807) is 22.3 Å². The number of carbonyl (C=O) groups is 1. The average Bonchev–Trinajstić information content (AvgIpc) is 3.37. The molecule has 4 heterocycles. The molecule has 4 rings (SSSR count). The van der Waals surface area contributed by atoms with Gasteiger partial charge in [0.05, 0.1) is 28.0 Å². The number of hydrogen-bond donors (Lipinski definition) is 0. The van der Waals surface area contributed by atoms with Gasteiger partial charge < -0.3 is 9.47 Å². The number of rotatable bonds is 4. The van der Waals surface area contributed by atoms with Crippen LogP contribution in [0.2, 0.25) is 0 Å². The first-order valence-corrected chi connectivity index (χ1v) is 9.86. The van der Waals surface area contributed by atoms with Crippen molar-refractivity contribution in [2.45, 2.75) is 26.8 Å². The Balaban J connectivity index is 1.69. The van der Waals surface area contributed by atoms with Crippen LogP contribution in [0, 0.1) is 13.8 Å². The van der Waals surface area contributed by atoms with E-state index in [-0.39, 0.29) is 11.9 Å². The average molecular weight is 395 g/mol. The monoisotopic (exact) mass is 394 g/mol. The van der Waals surface area contributed by atoms with Crippen LogP contribution in [-0.2, 0) is 7.05 Å². The highest BCUT2D eigenvalue weighted by molar-refractivity contribution is 7.11. The van der Waals surface area contributed by atoms with Crippen LogP contribution in [0.5, 0.6) is 0 Å². The van der Waals surface area contributed by atoms with Gasteiger partial charge >= 0.3 is 0 Å². The lowest BCUT2D eigenvalue weighted by Gasteiger charge is -2.24. The molecule has 0 aliphatic rings. The molecule has 144 valence electrons. The van der Waals surface area contributed by atoms with E-state index >= 15 is 0 Å². The highest BCUT2D eigenvalue weighted by Gasteiger charge is 2.23. The lowest BCUT2D eigenvalue weighted by atomic mass is 10.1. The number of amides is 1. The molecule has 0 radical (unpaired) electrons. The van der Waals surface area contributed by atoms with Crippen LogP contribution < -0.4 is 0 Å². The van der Waals surface area contributed by atoms with E-state index in [1.165, 1.54) is 0 Å². The lowest BCUT2D eigenvalue weighted by molar-refractivity contribution is 0.0739. The fourth-order valence-corrected chi connectivity index (χ4v) is 4.29. The number of carbonyl (C=O) groups excluding carboxylic acids is 1. The second kappa shape index (κ2) is 6.87. The molecule has 0 aliphatic carbocycles. The van der Waals surface area contributed by atoms with Gasteiger partial charge in [0.15, 0.2) is 11.5 Å². The van der Waals surface area contributed by atoms with E-state index in [1.807, 2.05) is 74.4 Å². The molecule has 0 aliphatic heterocycles. The largest absolute Gasteiger partial charge is 0.348 e. The van der Waals surface area contributed by atoms with Crippen LogP contribution in [0.4, 0.5) is 0 Å². The minimum atomic E-state index is -0.110. The topological polar surface area (TPSA) is 68.3 Å². The van der Waals surface area contributed by atoms with Crippen molar-refractivity contribution in [3.05, 3.63) is 57.8 Å². The van der Waals surface area contributed by atoms with Crippen LogP contribution in [0.1, 0.15) is 38.9 Å². The van der Waals surface area contributed by atoms with Crippen molar-refractivity contribution in [3.8, 4) is 11.5 Å². The van der Waals surface area contributed by atoms with E-state index in [0.29, 0.717) is 17.0 Å². The molecule has 0 fully saturated rings. The molecular weight excluding hydrogens is 372 g/mol. The standard InChI is InChI=1S/C20H22N6OS/c1-12(18-13(2)28-14(3)21-18)25(5)20(27)15-8-9-17-22-23-19(26(17)11-15)16-7-6-10-24(16)4/h6-12H,1-5H3. The van der Waals surface area contributed by atoms with Crippen LogP contribution in [0.25, 0.3) is 17.2 Å². The van der Waals surface area contributed by atoms with Gasteiger partial charge in [-0.2, -0.15) is 0 Å². The summed E-state index contributed by atoms with van der Waals surface area (Å²) < 4.78 is 3.84. The summed E-state index contributed by atoms with van der Waals surface area (Å²) >= 11 is 1.66. The Kier molecular flexibility index (Phi) is 4.50. The summed E-state index contributed by atoms with van der Waals surface area (Å²) in [6.45, 7) is 6.04. The van der Waals surface area contributed by atoms with Crippen LogP contribution in [0.3, 0.4) is 0 Å². The smallest absolute Gasteiger partial charge is 0.255 e. The molecule has 28 heavy (non-hydrogen) atoms. The zero-order chi connectivity index (χ0) is 20.0. The maximum Gasteiger partial charge on any atom is 0.255 e. The van der Waals surface area contributed by atoms with Gasteiger partial charge in [-0.15, -0.1) is 21.5 Å². The van der Waals surface area contributed by atoms with Crippen molar-refractivity contribution in [2.75, 3.05) is 7.05 Å². The molecule has 1 unspecified atom stereocenters. The summed E-state index contributed by atoms with van der Waals surface area (Å²) in [6.07, 6.45) is 3.77. The molecule has 0 bridgehead atoms. The first-order chi connectivity index (χ1) is 13.4. The Morgan fingerprint density at radius 3 is 2.64 bits per heavy atom. The quantitative estimate of drug-likeness (QED) is 0.530. The number of nitrogens with zero attached hydrogens (tertiary/aromatic N) is 6. The fourth-order valence-electron chi connectivity index (χ4n) is 3.38. The molecule has 0 saturated heterocycles. The summed E-state index contributed by atoms with van der Waals surface area (Å²) in [5.41, 5.74) is 3.18. The Labute approximate surface area is 167 Å². The third-order valence-electron chi connectivity index (χ3n) is 5.06. The van der Waals surface area contributed by atoms with Crippen LogP contribution in [0.15, 0.2) is 36.7 Å². The van der Waals surface area contributed by atoms with E-state index in [9.17, 15) is 4.79 Å². The Morgan fingerprint density at radius 2 is 2.00 bits per heavy atom. The van der Waals surface area contributed by atoms with Crippen molar-refractivity contribution in [1.29, 1.82) is 0 Å². The van der Waals surface area contributed by atoms with Gasteiger partial charge in [-0.25, -0.2) is 4.98 Å². The molecule has 8 heteroatoms. The second-order valence-corrected chi connectivity index (χ2v) is 8.35. The molecule has 7 nitrogen and oxygen atoms in total. The van der Waals surface area contributed by atoms with Crippen molar-refractivity contribution >= 4 is 22.9 Å². The van der Waals surface area contributed by atoms with Crippen LogP contribution >= 0.6 is 11.3 Å². The highest BCUT2D eigenvalue weighted by Crippen LogP contribution is 2.27. The summed E-state index contributed by atoms with van der Waals surface area (Å²) in [7, 11) is 3.77. The predicted molar refractivity (Wildman–Crippen MR) is 109 cm³/mol. The van der Waals surface area contributed by atoms with Crippen molar-refractivity contribution in [3.63, 3.8) is 0 Å². The van der Waals surface area contributed by atoms with E-state index < -0.39 is 0 Å². The third-order valence-corrected chi connectivity index (χ3v) is 5.96. The molecule has 1 amide bonds. The fraction of sp³-hybridized carbons (Fsp3) is 0.300. The van der Waals surface area contributed by atoms with E-state index in [2.05, 4.69) is 15.2 Å². The summed E-state index contributed by atoms with van der Waals surface area (Å²) in [6, 6.07) is 7.44. The normalized spacial score (nSPS) is 12.5. The maximum absolute atomic E-state index is 13.2. The van der Waals surface area contributed by atoms with Crippen molar-refractivity contribution < 1.29 is 4.79 Å². The Morgan fingerprint density at radius 1 is 1.21 bits per heavy atom. The summed E-state index contributed by atoms with van der Waals surface area (Å²) in [4.78, 5) is 20.6. The predicted octanol–water partition coefficient (Wildman–Crippen LogP) is 3.64. The molecular formula is C20H22N6OS. The minimum absolute atomic E-state index is 0.0639. The first kappa shape index (κ1) is 18.4. The molecule has 1 atom stereocenters. The first-order valence-electron chi connectivity index (χ1n) is 9.04. The zero-order valence-electron chi connectivity index (χ0n) is 16.5. The van der Waals surface area contributed by atoms with Crippen molar-refractivity contribution in [2.24, 2.45) is 7.05 Å². The van der Waals surface area contributed by atoms with Gasteiger partial charge in [0.2, 0.25) is 0 Å². The van der Waals surface area contributed by atoms with E-state index in [4.69, 9.17) is 0 Å². The number of aryl methyl sites for hydroxylation is 3. The van der Waals surface area contributed by atoms with Crippen molar-refractivity contribution in [1.82, 2.24) is 29.0 Å². The second-order valence-electron chi connectivity index (χ2n) is 6.94. The van der Waals surface area contributed by atoms with Gasteiger partial charge in [-0.3, -0.25) is 9.20 Å². The number of hydrogen-bond acceptors (Lipinski definition) is 5. The Hall–Kier alpha value is -3.00. The zero-order valence-corrected chi connectivity index (χ0v) is 17.4. The maximum atomic E-state index is 13.2. The third kappa shape index (κ3) is 2.99. The molecule has 4 aromatic rings. The highest BCUT2D eigenvalue weighted by atomic mass is 32.1. The molecule has 4 aromatic heterocycles. The number of aromatic nitrogens is 5. The van der Waals surface area contributed by atoms with Gasteiger partial charge in [0.25, 0.3) is 5.91 Å². The van der Waals surface area contributed by atoms with Gasteiger partial charge in [0, 0.05) is 31.4 Å². The molecule has 0 N–H and O–H groups in total. The van der Waals surface area contributed by atoms with E-state index in [0.717, 1.165) is 21.3 Å². The summed E-state index contributed by atoms with van der Waals surface area (Å²) in [5.74, 6) is 0.643. The number of thiazole rings is 1. The summed E-state index contributed by atoms with van der Waals surface area (Å²) in [5, 5.41) is 9.54. The minimum Gasteiger partial charge on any atom is -0.348 e. The number of fused-ring (bicyclic) bond motifs is 1. The molecule has 0 aromatic carbocycles. The van der Waals surface area contributed by atoms with Crippen LogP contribution in [-0.4, -0.2) is 42.0 Å². The van der Waals surface area contributed by atoms with Gasteiger partial charge in [0.1, 0.15) is 0 Å². The molecule has 0 saturated carbocycles. The van der Waals surface area contributed by atoms with Gasteiger partial charge in [-0.1, -0.05) is 0 Å². The van der Waals surface area contributed by atoms with Gasteiger partial charge in [-0.05, 0) is 45.0 Å². The lowest BCUT2D eigenvalue weighted by Crippen LogP contribution is -2.30. The number of pyridine rings is 1.